The van der Waals surface area contributed by atoms with Crippen molar-refractivity contribution in [1.29, 1.82) is 0 Å². The Bertz CT molecular complexity index is 189. The number of hydrogen-bond acceptors (Lipinski definition) is 4. The molecule has 0 fully saturated rings. The molecule has 0 aliphatic heterocycles. The summed E-state index contributed by atoms with van der Waals surface area (Å²) in [6.07, 6.45) is 0.714. The average molecular weight is 202 g/mol. The predicted molar refractivity (Wildman–Crippen MR) is 55.3 cm³/mol. The highest BCUT2D eigenvalue weighted by Gasteiger charge is 2.24. The van der Waals surface area contributed by atoms with E-state index in [-0.39, 0.29) is 18.3 Å². The Morgan fingerprint density at radius 2 is 2.07 bits per heavy atom. The van der Waals surface area contributed by atoms with Crippen LogP contribution in [0, 0.1) is 5.92 Å². The van der Waals surface area contributed by atoms with Crippen molar-refractivity contribution in [2.75, 3.05) is 13.5 Å². The number of carbonyl (C=O) groups is 1. The van der Waals surface area contributed by atoms with Gasteiger partial charge in [-0.25, -0.2) is 0 Å². The van der Waals surface area contributed by atoms with E-state index < -0.39 is 13.2 Å². The van der Waals surface area contributed by atoms with E-state index in [4.69, 9.17) is 15.8 Å². The molecule has 0 bridgehead atoms. The van der Waals surface area contributed by atoms with Crippen molar-refractivity contribution in [3.05, 3.63) is 0 Å². The first kappa shape index (κ1) is 13.4. The van der Waals surface area contributed by atoms with Crippen molar-refractivity contribution in [2.45, 2.75) is 26.3 Å². The lowest BCUT2D eigenvalue weighted by molar-refractivity contribution is -0.131. The fraction of sp³-hybridized carbons (Fsp3) is 0.875. The largest absolute Gasteiger partial charge is 0.472 e. The fourth-order valence-corrected chi connectivity index (χ4v) is 1.09. The molecule has 0 spiro atoms. The summed E-state index contributed by atoms with van der Waals surface area (Å²) < 4.78 is 0. The van der Waals surface area contributed by atoms with Gasteiger partial charge in [-0.3, -0.25) is 4.79 Å². The van der Waals surface area contributed by atoms with Crippen LogP contribution in [0.2, 0.25) is 0 Å². The molecule has 0 saturated carbocycles. The lowest BCUT2D eigenvalue weighted by atomic mass is 9.90. The Morgan fingerprint density at radius 1 is 1.57 bits per heavy atom. The minimum atomic E-state index is -1.51. The van der Waals surface area contributed by atoms with Gasteiger partial charge in [-0.1, -0.05) is 20.3 Å². The molecule has 0 aliphatic rings. The van der Waals surface area contributed by atoms with Gasteiger partial charge in [0.25, 0.3) is 0 Å². The summed E-state index contributed by atoms with van der Waals surface area (Å²) >= 11 is 0. The third kappa shape index (κ3) is 4.08. The zero-order valence-corrected chi connectivity index (χ0v) is 8.97. The van der Waals surface area contributed by atoms with E-state index in [1.165, 1.54) is 11.9 Å². The molecule has 0 saturated heterocycles. The summed E-state index contributed by atoms with van der Waals surface area (Å²) in [5.41, 5.74) is 5.69. The maximum atomic E-state index is 11.6. The van der Waals surface area contributed by atoms with Crippen LogP contribution >= 0.6 is 0 Å². The topological polar surface area (TPSA) is 86.8 Å². The fourth-order valence-electron chi connectivity index (χ4n) is 1.09. The maximum Gasteiger partial charge on any atom is 0.472 e. The lowest BCUT2D eigenvalue weighted by Gasteiger charge is -2.24. The van der Waals surface area contributed by atoms with E-state index in [2.05, 4.69) is 0 Å². The Kier molecular flexibility index (Phi) is 5.75. The smallest absolute Gasteiger partial charge is 0.426 e. The SMILES string of the molecule is CC[C@@H](C)[C@H](N)C(=O)N(C)CB(O)O. The molecule has 0 aromatic rings. The predicted octanol–water partition coefficient (Wildman–Crippen LogP) is -1.17. The van der Waals surface area contributed by atoms with Gasteiger partial charge in [0.15, 0.2) is 0 Å². The van der Waals surface area contributed by atoms with Gasteiger partial charge in [0.05, 0.1) is 12.5 Å². The van der Waals surface area contributed by atoms with Crippen LogP contribution in [0.4, 0.5) is 0 Å². The van der Waals surface area contributed by atoms with Gasteiger partial charge in [0.2, 0.25) is 5.91 Å². The summed E-state index contributed by atoms with van der Waals surface area (Å²) in [6.45, 7) is 3.85. The molecule has 0 aromatic carbocycles. The van der Waals surface area contributed by atoms with Crippen molar-refractivity contribution < 1.29 is 14.8 Å². The second-order valence-corrected chi connectivity index (χ2v) is 3.61. The van der Waals surface area contributed by atoms with Gasteiger partial charge in [0, 0.05) is 7.05 Å². The number of likely N-dealkylation sites (N-methyl/N-ethyl adjacent to an activating group) is 1. The van der Waals surface area contributed by atoms with E-state index in [0.717, 1.165) is 6.42 Å². The van der Waals surface area contributed by atoms with E-state index in [0.29, 0.717) is 0 Å². The highest BCUT2D eigenvalue weighted by Crippen LogP contribution is 2.07. The summed E-state index contributed by atoms with van der Waals surface area (Å²) in [5.74, 6) is -0.159. The van der Waals surface area contributed by atoms with Crippen molar-refractivity contribution in [3.63, 3.8) is 0 Å². The highest BCUT2D eigenvalue weighted by molar-refractivity contribution is 6.41. The number of rotatable bonds is 5. The minimum Gasteiger partial charge on any atom is -0.426 e. The average Bonchev–Trinajstić information content (AvgIpc) is 2.13. The van der Waals surface area contributed by atoms with Crippen LogP contribution in [0.5, 0.6) is 0 Å². The van der Waals surface area contributed by atoms with Crippen molar-refractivity contribution in [3.8, 4) is 0 Å². The molecule has 0 aromatic heterocycles. The molecule has 14 heavy (non-hydrogen) atoms. The number of nitrogens with two attached hydrogens (primary N) is 1. The molecule has 0 aliphatic carbocycles. The number of carbonyl (C=O) groups excluding carboxylic acids is 1. The van der Waals surface area contributed by atoms with Crippen molar-refractivity contribution in [1.82, 2.24) is 4.90 Å². The summed E-state index contributed by atoms with van der Waals surface area (Å²) in [6, 6.07) is -0.566. The molecule has 0 heterocycles. The molecule has 6 heteroatoms. The van der Waals surface area contributed by atoms with Gasteiger partial charge in [0.1, 0.15) is 0 Å². The van der Waals surface area contributed by atoms with E-state index in [1.807, 2.05) is 13.8 Å². The first-order chi connectivity index (χ1) is 6.40. The molecule has 1 amide bonds. The molecular weight excluding hydrogens is 183 g/mol. The molecular formula is C8H19BN2O3. The zero-order valence-electron chi connectivity index (χ0n) is 8.97. The molecule has 5 nitrogen and oxygen atoms in total. The second-order valence-electron chi connectivity index (χ2n) is 3.61. The summed E-state index contributed by atoms with van der Waals surface area (Å²) in [4.78, 5) is 12.8. The Balaban J connectivity index is 4.17. The molecule has 0 radical (unpaired) electrons. The minimum absolute atomic E-state index is 0.0979. The van der Waals surface area contributed by atoms with Gasteiger partial charge >= 0.3 is 7.12 Å². The summed E-state index contributed by atoms with van der Waals surface area (Å²) in [5, 5.41) is 17.3. The normalized spacial score (nSPS) is 14.7. The van der Waals surface area contributed by atoms with Crippen LogP contribution in [0.3, 0.4) is 0 Å². The third-order valence-electron chi connectivity index (χ3n) is 2.36. The van der Waals surface area contributed by atoms with Crippen LogP contribution in [0.15, 0.2) is 0 Å². The van der Waals surface area contributed by atoms with Crippen molar-refractivity contribution in [2.24, 2.45) is 11.7 Å². The van der Waals surface area contributed by atoms with Crippen LogP contribution < -0.4 is 5.73 Å². The number of nitrogens with zero attached hydrogens (tertiary/aromatic N) is 1. The van der Waals surface area contributed by atoms with Crippen LogP contribution in [0.1, 0.15) is 20.3 Å². The quantitative estimate of drug-likeness (QED) is 0.490. The summed E-state index contributed by atoms with van der Waals surface area (Å²) in [7, 11) is -0.00242. The van der Waals surface area contributed by atoms with E-state index in [9.17, 15) is 4.79 Å². The zero-order chi connectivity index (χ0) is 11.3. The lowest BCUT2D eigenvalue weighted by Crippen LogP contribution is -2.48. The molecule has 82 valence electrons. The van der Waals surface area contributed by atoms with E-state index in [1.54, 1.807) is 0 Å². The van der Waals surface area contributed by atoms with Crippen molar-refractivity contribution >= 4 is 13.0 Å². The van der Waals surface area contributed by atoms with Crippen LogP contribution in [-0.2, 0) is 4.79 Å². The highest BCUT2D eigenvalue weighted by atomic mass is 16.4. The van der Waals surface area contributed by atoms with Crippen LogP contribution in [-0.4, -0.2) is 47.5 Å². The Labute approximate surface area is 85.0 Å². The van der Waals surface area contributed by atoms with Gasteiger partial charge in [-0.15, -0.1) is 0 Å². The molecule has 0 unspecified atom stereocenters. The van der Waals surface area contributed by atoms with Crippen LogP contribution in [0.25, 0.3) is 0 Å². The first-order valence-corrected chi connectivity index (χ1v) is 4.76. The van der Waals surface area contributed by atoms with Gasteiger partial charge in [-0.05, 0) is 5.92 Å². The number of amides is 1. The third-order valence-corrected chi connectivity index (χ3v) is 2.36. The molecule has 2 atom stereocenters. The Hall–Kier alpha value is -0.585. The standard InChI is InChI=1S/C8H19BN2O3/c1-4-6(2)7(10)8(12)11(3)5-9(13)14/h6-7,13-14H,4-5,10H2,1-3H3/t6-,7+/m1/s1. The first-order valence-electron chi connectivity index (χ1n) is 4.76. The number of hydrogen-bond donors (Lipinski definition) is 3. The Morgan fingerprint density at radius 3 is 2.43 bits per heavy atom. The monoisotopic (exact) mass is 202 g/mol. The second kappa shape index (κ2) is 6.00. The molecule has 4 N–H and O–H groups in total. The molecule has 0 rings (SSSR count). The van der Waals surface area contributed by atoms with E-state index >= 15 is 0 Å². The van der Waals surface area contributed by atoms with Gasteiger partial charge < -0.3 is 20.7 Å². The maximum absolute atomic E-state index is 11.6. The van der Waals surface area contributed by atoms with Gasteiger partial charge in [-0.2, -0.15) is 0 Å².